The van der Waals surface area contributed by atoms with E-state index in [1.54, 1.807) is 19.1 Å². The van der Waals surface area contributed by atoms with Gasteiger partial charge in [0.1, 0.15) is 27.1 Å². The highest BCUT2D eigenvalue weighted by molar-refractivity contribution is 7.20. The Hall–Kier alpha value is -2.85. The van der Waals surface area contributed by atoms with Gasteiger partial charge in [-0.3, -0.25) is 0 Å². The van der Waals surface area contributed by atoms with Crippen LogP contribution < -0.4 is 10.1 Å². The van der Waals surface area contributed by atoms with Gasteiger partial charge in [0.05, 0.1) is 18.5 Å². The Morgan fingerprint density at radius 2 is 1.94 bits per heavy atom. The smallest absolute Gasteiger partial charge is 0.387 e. The van der Waals surface area contributed by atoms with Crippen LogP contribution in [0.4, 0.5) is 14.6 Å². The topological polar surface area (TPSA) is 76.6 Å². The van der Waals surface area contributed by atoms with Gasteiger partial charge in [0.25, 0.3) is 0 Å². The molecule has 10 heteroatoms. The van der Waals surface area contributed by atoms with Crippen molar-refractivity contribution in [1.29, 1.82) is 0 Å². The van der Waals surface area contributed by atoms with Gasteiger partial charge in [-0.15, -0.1) is 11.3 Å². The van der Waals surface area contributed by atoms with E-state index < -0.39 is 6.61 Å². The molecule has 0 aliphatic rings. The van der Waals surface area contributed by atoms with Gasteiger partial charge >= 0.3 is 12.6 Å². The Bertz CT molecular complexity index is 1050. The van der Waals surface area contributed by atoms with Crippen LogP contribution in [0.1, 0.15) is 33.5 Å². The predicted octanol–water partition coefficient (Wildman–Crippen LogP) is 4.45. The summed E-state index contributed by atoms with van der Waals surface area (Å²) < 4.78 is 34.2. The summed E-state index contributed by atoms with van der Waals surface area (Å²) in [6.45, 7) is 1.99. The normalized spacial score (nSPS) is 11.4. The van der Waals surface area contributed by atoms with Crippen molar-refractivity contribution < 1.29 is 23.0 Å². The number of rotatable bonds is 9. The third-order valence-corrected chi connectivity index (χ3v) is 5.53. The molecule has 2 heterocycles. The van der Waals surface area contributed by atoms with Crippen LogP contribution in [0, 0.1) is 6.92 Å². The molecule has 1 aromatic carbocycles. The molecular formula is C21H24F2N4O3S. The molecule has 3 aromatic rings. The van der Waals surface area contributed by atoms with Crippen molar-refractivity contribution in [2.45, 2.75) is 33.5 Å². The number of esters is 1. The van der Waals surface area contributed by atoms with Gasteiger partial charge < -0.3 is 19.7 Å². The number of hydrogen-bond acceptors (Lipinski definition) is 8. The first-order valence-corrected chi connectivity index (χ1v) is 10.5. The molecule has 0 atom stereocenters. The highest BCUT2D eigenvalue weighted by Gasteiger charge is 2.21. The molecule has 0 saturated carbocycles. The van der Waals surface area contributed by atoms with Crippen molar-refractivity contribution in [3.05, 3.63) is 46.1 Å². The van der Waals surface area contributed by atoms with E-state index in [9.17, 15) is 13.6 Å². The Labute approximate surface area is 183 Å². The number of nitrogens with zero attached hydrogens (tertiary/aromatic N) is 3. The number of benzene rings is 1. The van der Waals surface area contributed by atoms with Gasteiger partial charge in [0.15, 0.2) is 0 Å². The van der Waals surface area contributed by atoms with Gasteiger partial charge in [-0.2, -0.15) is 8.78 Å². The fourth-order valence-corrected chi connectivity index (χ4v) is 4.12. The maximum absolute atomic E-state index is 12.3. The zero-order valence-corrected chi connectivity index (χ0v) is 18.6. The Morgan fingerprint density at radius 3 is 2.55 bits per heavy atom. The van der Waals surface area contributed by atoms with Crippen molar-refractivity contribution in [2.24, 2.45) is 0 Å². The Morgan fingerprint density at radius 1 is 1.23 bits per heavy atom. The van der Waals surface area contributed by atoms with E-state index >= 15 is 0 Å². The monoisotopic (exact) mass is 450 g/mol. The molecule has 7 nitrogen and oxygen atoms in total. The number of carbonyl (C=O) groups is 1. The van der Waals surface area contributed by atoms with Gasteiger partial charge in [-0.1, -0.05) is 12.1 Å². The average molecular weight is 451 g/mol. The van der Waals surface area contributed by atoms with Gasteiger partial charge in [0.2, 0.25) is 0 Å². The number of hydrogen-bond donors (Lipinski definition) is 1. The summed E-state index contributed by atoms with van der Waals surface area (Å²) in [6, 6.07) is 6.39. The van der Waals surface area contributed by atoms with E-state index in [0.717, 1.165) is 16.5 Å². The summed E-state index contributed by atoms with van der Waals surface area (Å²) in [5.74, 6) is 0.957. The van der Waals surface area contributed by atoms with Crippen LogP contribution in [-0.4, -0.2) is 48.2 Å². The predicted molar refractivity (Wildman–Crippen MR) is 116 cm³/mol. The lowest BCUT2D eigenvalue weighted by molar-refractivity contribution is -0.0498. The standard InChI is InChI=1S/C21H24F2N4O3S/c1-5-29-20(28)17-12(2)16-18(25-15(11-27(3)4)26-19(16)31-17)24-10-13-6-8-14(9-7-13)30-21(22)23/h6-9,21H,5,10-11H2,1-4H3,(H,24,25,26). The summed E-state index contributed by atoms with van der Waals surface area (Å²) >= 11 is 1.28. The third kappa shape index (κ3) is 5.65. The van der Waals surface area contributed by atoms with E-state index in [1.807, 2.05) is 25.9 Å². The van der Waals surface area contributed by atoms with Crippen LogP contribution in [0.3, 0.4) is 0 Å². The molecule has 0 saturated heterocycles. The van der Waals surface area contributed by atoms with Crippen LogP contribution in [0.25, 0.3) is 10.2 Å². The van der Waals surface area contributed by atoms with Crippen LogP contribution in [0.15, 0.2) is 24.3 Å². The fourth-order valence-electron chi connectivity index (χ4n) is 3.03. The summed E-state index contributed by atoms with van der Waals surface area (Å²) in [7, 11) is 3.85. The maximum atomic E-state index is 12.3. The number of carbonyl (C=O) groups excluding carboxylic acids is 1. The number of aromatic nitrogens is 2. The highest BCUT2D eigenvalue weighted by atomic mass is 32.1. The largest absolute Gasteiger partial charge is 0.462 e. The number of halogens is 2. The third-order valence-electron chi connectivity index (χ3n) is 4.36. The van der Waals surface area contributed by atoms with E-state index in [1.165, 1.54) is 23.5 Å². The molecule has 31 heavy (non-hydrogen) atoms. The summed E-state index contributed by atoms with van der Waals surface area (Å²) in [4.78, 5) is 24.8. The van der Waals surface area contributed by atoms with Crippen molar-refractivity contribution in [3.63, 3.8) is 0 Å². The zero-order valence-electron chi connectivity index (χ0n) is 17.7. The number of aryl methyl sites for hydroxylation is 1. The summed E-state index contributed by atoms with van der Waals surface area (Å²) in [5, 5.41) is 4.07. The van der Waals surface area contributed by atoms with Crippen LogP contribution >= 0.6 is 11.3 Å². The first-order chi connectivity index (χ1) is 14.8. The molecular weight excluding hydrogens is 426 g/mol. The van der Waals surface area contributed by atoms with Gasteiger partial charge in [0, 0.05) is 6.54 Å². The molecule has 0 aliphatic heterocycles. The number of alkyl halides is 2. The fraction of sp³-hybridized carbons (Fsp3) is 0.381. The van der Waals surface area contributed by atoms with Gasteiger partial charge in [-0.25, -0.2) is 14.8 Å². The molecule has 0 aliphatic carbocycles. The van der Waals surface area contributed by atoms with Crippen LogP contribution in [-0.2, 0) is 17.8 Å². The average Bonchev–Trinajstić information content (AvgIpc) is 3.03. The number of fused-ring (bicyclic) bond motifs is 1. The van der Waals surface area contributed by atoms with Crippen molar-refractivity contribution in [1.82, 2.24) is 14.9 Å². The molecule has 2 aromatic heterocycles. The molecule has 0 amide bonds. The maximum Gasteiger partial charge on any atom is 0.387 e. The Balaban J connectivity index is 1.92. The lowest BCUT2D eigenvalue weighted by Gasteiger charge is -2.12. The minimum Gasteiger partial charge on any atom is -0.462 e. The van der Waals surface area contributed by atoms with Crippen molar-refractivity contribution in [3.8, 4) is 5.75 Å². The summed E-state index contributed by atoms with van der Waals surface area (Å²) in [6.07, 6.45) is 0. The molecule has 166 valence electrons. The minimum atomic E-state index is -2.86. The zero-order chi connectivity index (χ0) is 22.5. The molecule has 0 unspecified atom stereocenters. The van der Waals surface area contributed by atoms with E-state index in [0.29, 0.717) is 41.0 Å². The summed E-state index contributed by atoms with van der Waals surface area (Å²) in [5.41, 5.74) is 1.62. The van der Waals surface area contributed by atoms with E-state index in [4.69, 9.17) is 4.74 Å². The van der Waals surface area contributed by atoms with Gasteiger partial charge in [-0.05, 0) is 51.2 Å². The van der Waals surface area contributed by atoms with Crippen LogP contribution in [0.2, 0.25) is 0 Å². The lowest BCUT2D eigenvalue weighted by Crippen LogP contribution is -2.14. The quantitative estimate of drug-likeness (QED) is 0.483. The lowest BCUT2D eigenvalue weighted by atomic mass is 10.2. The molecule has 3 rings (SSSR count). The number of anilines is 1. The Kier molecular flexibility index (Phi) is 7.34. The van der Waals surface area contributed by atoms with Crippen molar-refractivity contribution >= 4 is 33.3 Å². The first kappa shape index (κ1) is 22.8. The second-order valence-electron chi connectivity index (χ2n) is 7.06. The minimum absolute atomic E-state index is 0.101. The first-order valence-electron chi connectivity index (χ1n) is 9.68. The molecule has 0 radical (unpaired) electrons. The van der Waals surface area contributed by atoms with E-state index in [2.05, 4.69) is 20.0 Å². The van der Waals surface area contributed by atoms with Crippen LogP contribution in [0.5, 0.6) is 5.75 Å². The number of ether oxygens (including phenoxy) is 2. The molecule has 1 N–H and O–H groups in total. The number of nitrogens with one attached hydrogen (secondary N) is 1. The number of thiophene rings is 1. The SMILES string of the molecule is CCOC(=O)c1sc2nc(CN(C)C)nc(NCc3ccc(OC(F)F)cc3)c2c1C. The highest BCUT2D eigenvalue weighted by Crippen LogP contribution is 2.34. The molecule has 0 fully saturated rings. The van der Waals surface area contributed by atoms with E-state index in [-0.39, 0.29) is 11.7 Å². The van der Waals surface area contributed by atoms with Crippen molar-refractivity contribution in [2.75, 3.05) is 26.0 Å². The molecule has 0 spiro atoms. The second-order valence-corrected chi connectivity index (χ2v) is 8.06. The second kappa shape index (κ2) is 9.97. The molecule has 0 bridgehead atoms.